The molecule has 0 fully saturated rings. The average Bonchev–Trinajstić information content (AvgIpc) is 2.57. The van der Waals surface area contributed by atoms with Gasteiger partial charge in [-0.15, -0.1) is 0 Å². The van der Waals surface area contributed by atoms with E-state index in [4.69, 9.17) is 5.11 Å². The number of Topliss-reactive ketones (excluding diaryl/α,β-unsaturated/α-hetero) is 1. The smallest absolute Gasteiger partial charge is 0.407 e. The van der Waals surface area contributed by atoms with Gasteiger partial charge in [-0.2, -0.15) is 0 Å². The molecule has 0 saturated carbocycles. The summed E-state index contributed by atoms with van der Waals surface area (Å²) in [6, 6.07) is 4.47. The summed E-state index contributed by atoms with van der Waals surface area (Å²) in [6.07, 6.45) is 4.29. The molecule has 4 nitrogen and oxygen atoms in total. The molecule has 0 saturated heterocycles. The molecule has 1 N–H and O–H groups in total. The zero-order valence-electron chi connectivity index (χ0n) is 14.7. The minimum atomic E-state index is -0.863. The van der Waals surface area contributed by atoms with Gasteiger partial charge in [-0.05, 0) is 67.0 Å². The minimum absolute atomic E-state index is 0.305. The number of carbonyl (C=O) groups excluding carboxylic acids is 1. The Hall–Kier alpha value is -2.10. The molecule has 1 aliphatic carbocycles. The number of ketones is 1. The predicted octanol–water partition coefficient (Wildman–Crippen LogP) is 3.81. The predicted molar refractivity (Wildman–Crippen MR) is 94.4 cm³/mol. The Balaban J connectivity index is 2.04. The second-order valence-electron chi connectivity index (χ2n) is 7.28. The number of fused-ring (bicyclic) bond motifs is 1. The third-order valence-electron chi connectivity index (χ3n) is 5.53. The van der Waals surface area contributed by atoms with Crippen molar-refractivity contribution in [2.45, 2.75) is 51.9 Å². The lowest BCUT2D eigenvalue weighted by atomic mass is 9.70. The van der Waals surface area contributed by atoms with Crippen LogP contribution in [-0.4, -0.2) is 35.0 Å². The first-order chi connectivity index (χ1) is 11.3. The Labute approximate surface area is 143 Å². The van der Waals surface area contributed by atoms with E-state index >= 15 is 0 Å². The highest BCUT2D eigenvalue weighted by Crippen LogP contribution is 2.38. The largest absolute Gasteiger partial charge is 0.465 e. The second kappa shape index (κ2) is 6.08. The summed E-state index contributed by atoms with van der Waals surface area (Å²) in [5.74, 6) is 0.305. The molecule has 3 rings (SSSR count). The Morgan fingerprint density at radius 3 is 2.58 bits per heavy atom. The molecule has 4 heteroatoms. The first kappa shape index (κ1) is 16.7. The van der Waals surface area contributed by atoms with E-state index in [9.17, 15) is 9.59 Å². The lowest BCUT2D eigenvalue weighted by Gasteiger charge is -2.33. The van der Waals surface area contributed by atoms with E-state index in [1.165, 1.54) is 27.2 Å². The lowest BCUT2D eigenvalue weighted by Crippen LogP contribution is -2.35. The highest BCUT2D eigenvalue weighted by Gasteiger charge is 2.35. The van der Waals surface area contributed by atoms with Crippen molar-refractivity contribution >= 4 is 17.4 Å². The van der Waals surface area contributed by atoms with Gasteiger partial charge in [0.1, 0.15) is 5.78 Å². The standard InChI is InChI=1S/C20H25NO3/c1-4-13-11-15-5-6-18(22)20(2,3)17(15)12-16(13)14-7-9-21(10-8-14)19(23)24/h7,11-12H,4-6,8-10H2,1-3H3,(H,23,24). The number of carbonyl (C=O) groups is 2. The highest BCUT2D eigenvalue weighted by molar-refractivity contribution is 5.92. The fourth-order valence-electron chi connectivity index (χ4n) is 3.87. The molecule has 0 radical (unpaired) electrons. The molecule has 24 heavy (non-hydrogen) atoms. The number of rotatable bonds is 2. The van der Waals surface area contributed by atoms with Crippen LogP contribution < -0.4 is 0 Å². The van der Waals surface area contributed by atoms with E-state index in [0.717, 1.165) is 24.8 Å². The van der Waals surface area contributed by atoms with Gasteiger partial charge < -0.3 is 10.0 Å². The Kier molecular flexibility index (Phi) is 4.24. The number of aryl methyl sites for hydroxylation is 2. The zero-order chi connectivity index (χ0) is 17.5. The summed E-state index contributed by atoms with van der Waals surface area (Å²) in [7, 11) is 0. The van der Waals surface area contributed by atoms with Gasteiger partial charge in [-0.1, -0.05) is 19.1 Å². The van der Waals surface area contributed by atoms with Gasteiger partial charge in [-0.25, -0.2) is 4.79 Å². The van der Waals surface area contributed by atoms with E-state index in [0.29, 0.717) is 25.3 Å². The molecule has 0 atom stereocenters. The van der Waals surface area contributed by atoms with Gasteiger partial charge in [-0.3, -0.25) is 4.79 Å². The van der Waals surface area contributed by atoms with Crippen LogP contribution >= 0.6 is 0 Å². The third kappa shape index (κ3) is 2.74. The molecule has 2 aliphatic rings. The molecule has 1 aromatic carbocycles. The second-order valence-corrected chi connectivity index (χ2v) is 7.28. The third-order valence-corrected chi connectivity index (χ3v) is 5.53. The molecule has 1 aliphatic heterocycles. The van der Waals surface area contributed by atoms with Crippen LogP contribution in [0.25, 0.3) is 5.57 Å². The SMILES string of the molecule is CCc1cc2c(cc1C1=CCN(C(=O)O)CC1)C(C)(C)C(=O)CC2. The molecule has 1 amide bonds. The van der Waals surface area contributed by atoms with Crippen LogP contribution in [0.4, 0.5) is 4.79 Å². The van der Waals surface area contributed by atoms with Crippen molar-refractivity contribution < 1.29 is 14.7 Å². The number of benzene rings is 1. The van der Waals surface area contributed by atoms with Gasteiger partial charge in [0.25, 0.3) is 0 Å². The Morgan fingerprint density at radius 2 is 2.00 bits per heavy atom. The van der Waals surface area contributed by atoms with Crippen LogP contribution in [-0.2, 0) is 23.1 Å². The summed E-state index contributed by atoms with van der Waals surface area (Å²) < 4.78 is 0. The number of amides is 1. The molecule has 1 aromatic rings. The van der Waals surface area contributed by atoms with Crippen molar-refractivity contribution in [3.8, 4) is 0 Å². The summed E-state index contributed by atoms with van der Waals surface area (Å²) in [5.41, 5.74) is 5.71. The molecule has 0 spiro atoms. The van der Waals surface area contributed by atoms with Crippen LogP contribution in [0.5, 0.6) is 0 Å². The summed E-state index contributed by atoms with van der Waals surface area (Å²) in [6.45, 7) is 7.16. The summed E-state index contributed by atoms with van der Waals surface area (Å²) in [4.78, 5) is 24.9. The van der Waals surface area contributed by atoms with Crippen LogP contribution in [0.1, 0.15) is 55.9 Å². The van der Waals surface area contributed by atoms with Crippen molar-refractivity contribution in [3.63, 3.8) is 0 Å². The molecule has 0 aromatic heterocycles. The van der Waals surface area contributed by atoms with Crippen LogP contribution in [0.3, 0.4) is 0 Å². The van der Waals surface area contributed by atoms with E-state index in [2.05, 4.69) is 19.1 Å². The molecule has 128 valence electrons. The lowest BCUT2D eigenvalue weighted by molar-refractivity contribution is -0.124. The molecule has 1 heterocycles. The summed E-state index contributed by atoms with van der Waals surface area (Å²) >= 11 is 0. The van der Waals surface area contributed by atoms with Crippen molar-refractivity contribution in [3.05, 3.63) is 40.5 Å². The average molecular weight is 327 g/mol. The first-order valence-corrected chi connectivity index (χ1v) is 8.71. The minimum Gasteiger partial charge on any atom is -0.465 e. The monoisotopic (exact) mass is 327 g/mol. The maximum Gasteiger partial charge on any atom is 0.407 e. The maximum absolute atomic E-state index is 12.4. The van der Waals surface area contributed by atoms with E-state index in [-0.39, 0.29) is 0 Å². The van der Waals surface area contributed by atoms with E-state index < -0.39 is 11.5 Å². The fraction of sp³-hybridized carbons (Fsp3) is 0.500. The molecular formula is C20H25NO3. The summed E-state index contributed by atoms with van der Waals surface area (Å²) in [5, 5.41) is 9.11. The molecule has 0 bridgehead atoms. The number of nitrogens with zero attached hydrogens (tertiary/aromatic N) is 1. The van der Waals surface area contributed by atoms with Crippen molar-refractivity contribution in [2.75, 3.05) is 13.1 Å². The Bertz CT molecular complexity index is 731. The van der Waals surface area contributed by atoms with Gasteiger partial charge >= 0.3 is 6.09 Å². The van der Waals surface area contributed by atoms with E-state index in [1.807, 2.05) is 19.9 Å². The number of hydrogen-bond donors (Lipinski definition) is 1. The van der Waals surface area contributed by atoms with Crippen molar-refractivity contribution in [1.82, 2.24) is 4.90 Å². The van der Waals surface area contributed by atoms with Crippen LogP contribution in [0.15, 0.2) is 18.2 Å². The van der Waals surface area contributed by atoms with Crippen LogP contribution in [0, 0.1) is 0 Å². The van der Waals surface area contributed by atoms with Gasteiger partial charge in [0.15, 0.2) is 0 Å². The van der Waals surface area contributed by atoms with Gasteiger partial charge in [0.2, 0.25) is 0 Å². The molecular weight excluding hydrogens is 302 g/mol. The normalized spacial score (nSPS) is 19.7. The molecule has 0 unspecified atom stereocenters. The maximum atomic E-state index is 12.4. The quantitative estimate of drug-likeness (QED) is 0.898. The van der Waals surface area contributed by atoms with E-state index in [1.54, 1.807) is 0 Å². The van der Waals surface area contributed by atoms with Gasteiger partial charge in [0, 0.05) is 24.9 Å². The van der Waals surface area contributed by atoms with Gasteiger partial charge in [0.05, 0.1) is 0 Å². The first-order valence-electron chi connectivity index (χ1n) is 8.71. The van der Waals surface area contributed by atoms with Crippen molar-refractivity contribution in [2.24, 2.45) is 0 Å². The topological polar surface area (TPSA) is 57.6 Å². The van der Waals surface area contributed by atoms with Crippen LogP contribution in [0.2, 0.25) is 0 Å². The number of hydrogen-bond acceptors (Lipinski definition) is 2. The van der Waals surface area contributed by atoms with Crippen molar-refractivity contribution in [1.29, 1.82) is 0 Å². The number of carboxylic acid groups (broad SMARTS) is 1. The Morgan fingerprint density at radius 1 is 1.25 bits per heavy atom. The highest BCUT2D eigenvalue weighted by atomic mass is 16.4. The fourth-order valence-corrected chi connectivity index (χ4v) is 3.87. The zero-order valence-corrected chi connectivity index (χ0v) is 14.7.